The second-order valence-corrected chi connectivity index (χ2v) is 5.54. The van der Waals surface area contributed by atoms with Crippen molar-refractivity contribution in [3.05, 3.63) is 18.0 Å². The van der Waals surface area contributed by atoms with Crippen LogP contribution in [0.15, 0.2) is 16.7 Å². The smallest absolute Gasteiger partial charge is 0.261 e. The van der Waals surface area contributed by atoms with Gasteiger partial charge in [-0.05, 0) is 19.2 Å². The van der Waals surface area contributed by atoms with Gasteiger partial charge in [0.25, 0.3) is 5.89 Å². The molecule has 9 heteroatoms. The van der Waals surface area contributed by atoms with Crippen molar-refractivity contribution in [2.75, 3.05) is 48.0 Å². The predicted octanol–water partition coefficient (Wildman–Crippen LogP) is 1.76. The molecule has 1 aliphatic heterocycles. The second-order valence-electron chi connectivity index (χ2n) is 5.54. The minimum atomic E-state index is 0. The Morgan fingerprint density at radius 3 is 2.56 bits per heavy atom. The number of methoxy groups -OCH3 is 3. The summed E-state index contributed by atoms with van der Waals surface area (Å²) in [6, 6.07) is 3.69. The Hall–Kier alpha value is -2.03. The van der Waals surface area contributed by atoms with Gasteiger partial charge in [-0.3, -0.25) is 4.90 Å². The maximum Gasteiger partial charge on any atom is 0.261 e. The van der Waals surface area contributed by atoms with E-state index in [0.717, 1.165) is 19.6 Å². The molecule has 0 saturated carbocycles. The number of hydrogen-bond acceptors (Lipinski definition) is 8. The molecule has 138 valence electrons. The molecule has 3 rings (SSSR count). The van der Waals surface area contributed by atoms with Crippen LogP contribution in [0.25, 0.3) is 11.5 Å². The van der Waals surface area contributed by atoms with Gasteiger partial charge in [0.2, 0.25) is 5.75 Å². The van der Waals surface area contributed by atoms with E-state index in [0.29, 0.717) is 34.5 Å². The highest BCUT2D eigenvalue weighted by Gasteiger charge is 2.27. The summed E-state index contributed by atoms with van der Waals surface area (Å²) in [5.41, 5.74) is 0.667. The van der Waals surface area contributed by atoms with Gasteiger partial charge in [-0.2, -0.15) is 4.98 Å². The Balaban J connectivity index is 0.00000225. The lowest BCUT2D eigenvalue weighted by Crippen LogP contribution is -2.44. The molecule has 2 heterocycles. The number of hydrogen-bond donors (Lipinski definition) is 1. The topological polar surface area (TPSA) is 81.9 Å². The highest BCUT2D eigenvalue weighted by Crippen LogP contribution is 2.43. The standard InChI is InChI=1S/C16H22N4O4.ClH/c1-20-8-7-17-9-11(20)15-18-16(24-19-15)10-5-6-12(21-2)14(23-4)13(10)22-3;/h5-6,11,17H,7-9H2,1-4H3;1H. The SMILES string of the molecule is COc1ccc(-c2nc(C3CNCCN3C)no2)c(OC)c1OC.Cl. The first-order chi connectivity index (χ1) is 11.7. The van der Waals surface area contributed by atoms with Crippen LogP contribution in [0.2, 0.25) is 0 Å². The zero-order valence-corrected chi connectivity index (χ0v) is 15.6. The molecule has 2 aromatic rings. The van der Waals surface area contributed by atoms with Crippen molar-refractivity contribution in [3.8, 4) is 28.7 Å². The lowest BCUT2D eigenvalue weighted by molar-refractivity contribution is 0.190. The van der Waals surface area contributed by atoms with Crippen molar-refractivity contribution in [1.82, 2.24) is 20.4 Å². The number of nitrogens with one attached hydrogen (secondary N) is 1. The molecule has 1 N–H and O–H groups in total. The van der Waals surface area contributed by atoms with Crippen LogP contribution >= 0.6 is 12.4 Å². The van der Waals surface area contributed by atoms with Gasteiger partial charge in [-0.15, -0.1) is 12.4 Å². The van der Waals surface area contributed by atoms with Crippen molar-refractivity contribution in [2.24, 2.45) is 0 Å². The van der Waals surface area contributed by atoms with Crippen molar-refractivity contribution in [3.63, 3.8) is 0 Å². The molecule has 8 nitrogen and oxygen atoms in total. The normalized spacial score (nSPS) is 17.7. The number of piperazine rings is 1. The summed E-state index contributed by atoms with van der Waals surface area (Å²) in [5.74, 6) is 2.61. The zero-order valence-electron chi connectivity index (χ0n) is 14.7. The summed E-state index contributed by atoms with van der Waals surface area (Å²) in [6.45, 7) is 2.69. The van der Waals surface area contributed by atoms with Crippen molar-refractivity contribution in [1.29, 1.82) is 0 Å². The van der Waals surface area contributed by atoms with E-state index in [1.165, 1.54) is 0 Å². The summed E-state index contributed by atoms with van der Waals surface area (Å²) in [4.78, 5) is 6.76. The molecular formula is C16H23ClN4O4. The Bertz CT molecular complexity index is 709. The third-order valence-corrected chi connectivity index (χ3v) is 4.19. The fraction of sp³-hybridized carbons (Fsp3) is 0.500. The van der Waals surface area contributed by atoms with Crippen LogP contribution in [0.1, 0.15) is 11.9 Å². The van der Waals surface area contributed by atoms with Gasteiger partial charge in [0.05, 0.1) is 32.9 Å². The number of aromatic nitrogens is 2. The molecule has 1 aromatic carbocycles. The van der Waals surface area contributed by atoms with Gasteiger partial charge in [0, 0.05) is 19.6 Å². The summed E-state index contributed by atoms with van der Waals surface area (Å²) < 4.78 is 21.7. The monoisotopic (exact) mass is 370 g/mol. The number of rotatable bonds is 5. The van der Waals surface area contributed by atoms with Gasteiger partial charge in [0.15, 0.2) is 17.3 Å². The second kappa shape index (κ2) is 8.37. The van der Waals surface area contributed by atoms with Crippen molar-refractivity contribution >= 4 is 12.4 Å². The molecule has 1 unspecified atom stereocenters. The van der Waals surface area contributed by atoms with Crippen LogP contribution in [0.3, 0.4) is 0 Å². The summed E-state index contributed by atoms with van der Waals surface area (Å²) in [5, 5.41) is 7.49. The molecule has 25 heavy (non-hydrogen) atoms. The third kappa shape index (κ3) is 3.65. The predicted molar refractivity (Wildman–Crippen MR) is 94.9 cm³/mol. The Kier molecular flexibility index (Phi) is 6.46. The Labute approximate surface area is 152 Å². The first-order valence-electron chi connectivity index (χ1n) is 7.73. The van der Waals surface area contributed by atoms with E-state index in [9.17, 15) is 0 Å². The van der Waals surface area contributed by atoms with Gasteiger partial charge in [0.1, 0.15) is 0 Å². The number of likely N-dealkylation sites (N-methyl/N-ethyl adjacent to an activating group) is 1. The van der Waals surface area contributed by atoms with Gasteiger partial charge < -0.3 is 24.1 Å². The Morgan fingerprint density at radius 1 is 1.16 bits per heavy atom. The minimum Gasteiger partial charge on any atom is -0.493 e. The molecule has 0 aliphatic carbocycles. The molecule has 1 aromatic heterocycles. The fourth-order valence-electron chi connectivity index (χ4n) is 2.84. The summed E-state index contributed by atoms with van der Waals surface area (Å²) in [6.07, 6.45) is 0. The van der Waals surface area contributed by atoms with Gasteiger partial charge >= 0.3 is 0 Å². The maximum absolute atomic E-state index is 5.48. The maximum atomic E-state index is 5.48. The third-order valence-electron chi connectivity index (χ3n) is 4.19. The average Bonchev–Trinajstić information content (AvgIpc) is 3.10. The summed E-state index contributed by atoms with van der Waals surface area (Å²) in [7, 11) is 6.76. The molecule has 1 saturated heterocycles. The van der Waals surface area contributed by atoms with E-state index in [2.05, 4.69) is 27.4 Å². The van der Waals surface area contributed by atoms with Gasteiger partial charge in [-0.25, -0.2) is 0 Å². The van der Waals surface area contributed by atoms with Gasteiger partial charge in [-0.1, -0.05) is 5.16 Å². The number of ether oxygens (including phenoxy) is 3. The minimum absolute atomic E-state index is 0. The van der Waals surface area contributed by atoms with Crippen LogP contribution in [0.4, 0.5) is 0 Å². The molecule has 0 bridgehead atoms. The van der Waals surface area contributed by atoms with E-state index >= 15 is 0 Å². The van der Waals surface area contributed by atoms with Crippen molar-refractivity contribution in [2.45, 2.75) is 6.04 Å². The molecule has 1 fully saturated rings. The molecule has 0 amide bonds. The van der Waals surface area contributed by atoms with E-state index in [1.807, 2.05) is 6.07 Å². The highest BCUT2D eigenvalue weighted by atomic mass is 35.5. The molecular weight excluding hydrogens is 348 g/mol. The first kappa shape index (κ1) is 19.3. The molecule has 1 atom stereocenters. The van der Waals surface area contributed by atoms with Crippen LogP contribution in [-0.4, -0.2) is 63.1 Å². The number of nitrogens with zero attached hydrogens (tertiary/aromatic N) is 3. The molecule has 0 radical (unpaired) electrons. The van der Waals surface area contributed by atoms with Crippen LogP contribution in [0.5, 0.6) is 17.2 Å². The lowest BCUT2D eigenvalue weighted by atomic mass is 10.1. The van der Waals surface area contributed by atoms with E-state index in [1.54, 1.807) is 27.4 Å². The largest absolute Gasteiger partial charge is 0.493 e. The van der Waals surface area contributed by atoms with E-state index in [-0.39, 0.29) is 18.4 Å². The van der Waals surface area contributed by atoms with Crippen LogP contribution in [0, 0.1) is 0 Å². The van der Waals surface area contributed by atoms with Crippen LogP contribution < -0.4 is 19.5 Å². The lowest BCUT2D eigenvalue weighted by Gasteiger charge is -2.30. The molecule has 1 aliphatic rings. The fourth-order valence-corrected chi connectivity index (χ4v) is 2.84. The Morgan fingerprint density at radius 2 is 1.92 bits per heavy atom. The number of halogens is 1. The van der Waals surface area contributed by atoms with E-state index in [4.69, 9.17) is 18.7 Å². The summed E-state index contributed by atoms with van der Waals surface area (Å²) >= 11 is 0. The molecule has 0 spiro atoms. The quantitative estimate of drug-likeness (QED) is 0.852. The van der Waals surface area contributed by atoms with E-state index < -0.39 is 0 Å². The van der Waals surface area contributed by atoms with Crippen LogP contribution in [-0.2, 0) is 0 Å². The number of benzene rings is 1. The first-order valence-corrected chi connectivity index (χ1v) is 7.73. The zero-order chi connectivity index (χ0) is 17.1. The van der Waals surface area contributed by atoms with Crippen molar-refractivity contribution < 1.29 is 18.7 Å². The average molecular weight is 371 g/mol. The highest BCUT2D eigenvalue weighted by molar-refractivity contribution is 5.85.